The van der Waals surface area contributed by atoms with Crippen LogP contribution in [0.1, 0.15) is 12.7 Å². The van der Waals surface area contributed by atoms with Gasteiger partial charge in [-0.25, -0.2) is 4.98 Å². The molecule has 0 aliphatic carbocycles. The van der Waals surface area contributed by atoms with Gasteiger partial charge in [-0.3, -0.25) is 5.41 Å². The maximum Gasteiger partial charge on any atom is 0.148 e. The van der Waals surface area contributed by atoms with Crippen molar-refractivity contribution >= 4 is 28.1 Å². The second-order valence-corrected chi connectivity index (χ2v) is 6.17. The zero-order chi connectivity index (χ0) is 18.3. The first-order valence-electron chi connectivity index (χ1n) is 8.53. The number of rotatable bonds is 4. The number of hydrogen-bond acceptors (Lipinski definition) is 4. The summed E-state index contributed by atoms with van der Waals surface area (Å²) in [5, 5.41) is 19.2. The predicted molar refractivity (Wildman–Crippen MR) is 103 cm³/mol. The summed E-state index contributed by atoms with van der Waals surface area (Å²) in [6.45, 7) is 2.75. The van der Waals surface area contributed by atoms with Crippen LogP contribution in [0.25, 0.3) is 16.6 Å². The molecule has 2 aromatic carbocycles. The van der Waals surface area contributed by atoms with Gasteiger partial charge in [0, 0.05) is 18.8 Å². The number of aliphatic hydroxyl groups is 1. The Balaban J connectivity index is 1.73. The third-order valence-corrected chi connectivity index (χ3v) is 4.55. The average Bonchev–Trinajstić information content (AvgIpc) is 3.12. The van der Waals surface area contributed by atoms with Gasteiger partial charge in [-0.1, -0.05) is 18.2 Å². The lowest BCUT2D eigenvalue weighted by molar-refractivity contribution is 0.340. The highest BCUT2D eigenvalue weighted by Crippen LogP contribution is 2.33. The summed E-state index contributed by atoms with van der Waals surface area (Å²) in [4.78, 5) is 6.38. The molecule has 0 amide bonds. The largest absolute Gasteiger partial charge is 0.509 e. The van der Waals surface area contributed by atoms with Crippen molar-refractivity contribution in [3.8, 4) is 5.75 Å². The molecule has 132 valence electrons. The molecule has 2 N–H and O–H groups in total. The van der Waals surface area contributed by atoms with Crippen LogP contribution in [-0.4, -0.2) is 33.6 Å². The number of para-hydroxylation sites is 2. The summed E-state index contributed by atoms with van der Waals surface area (Å²) in [7, 11) is 1.90. The quantitative estimate of drug-likeness (QED) is 0.753. The minimum Gasteiger partial charge on any atom is -0.509 e. The molecule has 6 heteroatoms. The summed E-state index contributed by atoms with van der Waals surface area (Å²) in [5.41, 5.74) is 3.08. The number of anilines is 1. The summed E-state index contributed by atoms with van der Waals surface area (Å²) < 4.78 is 7.46. The van der Waals surface area contributed by atoms with Crippen LogP contribution in [0.3, 0.4) is 0 Å². The van der Waals surface area contributed by atoms with Crippen molar-refractivity contribution in [2.24, 2.45) is 7.05 Å². The second-order valence-electron chi connectivity index (χ2n) is 6.17. The molecule has 1 aliphatic heterocycles. The Hall–Kier alpha value is -3.28. The number of aliphatic hydroxyl groups excluding tert-OH is 1. The molecule has 6 nitrogen and oxygen atoms in total. The van der Waals surface area contributed by atoms with E-state index in [1.807, 2.05) is 67.1 Å². The van der Waals surface area contributed by atoms with Gasteiger partial charge < -0.3 is 19.3 Å². The molecule has 1 aromatic heterocycles. The Morgan fingerprint density at radius 3 is 2.77 bits per heavy atom. The number of fused-ring (bicyclic) bond motifs is 1. The van der Waals surface area contributed by atoms with E-state index in [9.17, 15) is 5.11 Å². The van der Waals surface area contributed by atoms with Gasteiger partial charge in [0.2, 0.25) is 0 Å². The highest BCUT2D eigenvalue weighted by molar-refractivity contribution is 6.30. The number of nitrogens with one attached hydrogen (secondary N) is 1. The summed E-state index contributed by atoms with van der Waals surface area (Å²) >= 11 is 0. The summed E-state index contributed by atoms with van der Waals surface area (Å²) in [6, 6.07) is 15.3. The monoisotopic (exact) mass is 348 g/mol. The zero-order valence-electron chi connectivity index (χ0n) is 14.7. The molecular weight excluding hydrogens is 328 g/mol. The molecule has 0 fully saturated rings. The highest BCUT2D eigenvalue weighted by atomic mass is 16.5. The lowest BCUT2D eigenvalue weighted by Crippen LogP contribution is -2.26. The number of amidine groups is 1. The van der Waals surface area contributed by atoms with Gasteiger partial charge in [-0.2, -0.15) is 0 Å². The minimum atomic E-state index is 0.148. The number of imidazole rings is 1. The van der Waals surface area contributed by atoms with E-state index < -0.39 is 0 Å². The third-order valence-electron chi connectivity index (χ3n) is 4.55. The average molecular weight is 348 g/mol. The van der Waals surface area contributed by atoms with Gasteiger partial charge in [0.25, 0.3) is 0 Å². The molecule has 1 aliphatic rings. The van der Waals surface area contributed by atoms with Crippen molar-refractivity contribution in [1.29, 1.82) is 5.41 Å². The molecule has 0 saturated carbocycles. The topological polar surface area (TPSA) is 74.4 Å². The number of aromatic nitrogens is 2. The lowest BCUT2D eigenvalue weighted by Gasteiger charge is -2.19. The number of hydrogen-bond donors (Lipinski definition) is 2. The molecule has 2 heterocycles. The van der Waals surface area contributed by atoms with E-state index in [0.717, 1.165) is 22.5 Å². The molecule has 0 saturated heterocycles. The van der Waals surface area contributed by atoms with E-state index in [-0.39, 0.29) is 18.1 Å². The van der Waals surface area contributed by atoms with Gasteiger partial charge in [0.1, 0.15) is 23.2 Å². The van der Waals surface area contributed by atoms with Gasteiger partial charge in [0.05, 0.1) is 29.8 Å². The Labute approximate surface area is 151 Å². The highest BCUT2D eigenvalue weighted by Gasteiger charge is 2.32. The molecule has 0 unspecified atom stereocenters. The normalized spacial score (nSPS) is 14.5. The van der Waals surface area contributed by atoms with Crippen LogP contribution in [0.2, 0.25) is 0 Å². The van der Waals surface area contributed by atoms with Crippen molar-refractivity contribution in [1.82, 2.24) is 9.55 Å². The number of benzene rings is 2. The first-order valence-corrected chi connectivity index (χ1v) is 8.53. The van der Waals surface area contributed by atoms with Crippen molar-refractivity contribution in [3.05, 3.63) is 60.1 Å². The van der Waals surface area contributed by atoms with Gasteiger partial charge in [-0.05, 0) is 31.2 Å². The molecular formula is C20H20N4O2. The smallest absolute Gasteiger partial charge is 0.148 e. The fourth-order valence-corrected chi connectivity index (χ4v) is 3.31. The first kappa shape index (κ1) is 16.2. The SMILES string of the molecule is CCOc1cccc(N2CC(O)=C(c3nc4ccccc4n3C)C2=N)c1. The van der Waals surface area contributed by atoms with Gasteiger partial charge in [0.15, 0.2) is 0 Å². The fourth-order valence-electron chi connectivity index (χ4n) is 3.31. The van der Waals surface area contributed by atoms with Gasteiger partial charge >= 0.3 is 0 Å². The molecule has 3 aromatic rings. The Bertz CT molecular complexity index is 1040. The van der Waals surface area contributed by atoms with Crippen LogP contribution in [-0.2, 0) is 7.05 Å². The van der Waals surface area contributed by atoms with E-state index in [2.05, 4.69) is 4.98 Å². The Morgan fingerprint density at radius 1 is 1.19 bits per heavy atom. The van der Waals surface area contributed by atoms with E-state index in [0.29, 0.717) is 18.0 Å². The molecule has 26 heavy (non-hydrogen) atoms. The number of ether oxygens (including phenoxy) is 1. The third kappa shape index (κ3) is 2.50. The lowest BCUT2D eigenvalue weighted by atomic mass is 10.2. The zero-order valence-corrected chi connectivity index (χ0v) is 14.7. The molecule has 0 radical (unpaired) electrons. The van der Waals surface area contributed by atoms with Crippen molar-refractivity contribution in [2.75, 3.05) is 18.1 Å². The Kier molecular flexibility index (Phi) is 3.88. The van der Waals surface area contributed by atoms with Crippen molar-refractivity contribution in [3.63, 3.8) is 0 Å². The van der Waals surface area contributed by atoms with Gasteiger partial charge in [-0.15, -0.1) is 0 Å². The molecule has 0 spiro atoms. The maximum atomic E-state index is 10.6. The van der Waals surface area contributed by atoms with Crippen LogP contribution in [0.5, 0.6) is 5.75 Å². The predicted octanol–water partition coefficient (Wildman–Crippen LogP) is 3.74. The van der Waals surface area contributed by atoms with Crippen molar-refractivity contribution < 1.29 is 9.84 Å². The van der Waals surface area contributed by atoms with Crippen molar-refractivity contribution in [2.45, 2.75) is 6.92 Å². The van der Waals surface area contributed by atoms with Crippen LogP contribution in [0.15, 0.2) is 54.3 Å². The van der Waals surface area contributed by atoms with Crippen LogP contribution in [0, 0.1) is 5.41 Å². The summed E-state index contributed by atoms with van der Waals surface area (Å²) in [5.74, 6) is 1.72. The van der Waals surface area contributed by atoms with Crippen LogP contribution >= 0.6 is 0 Å². The fraction of sp³-hybridized carbons (Fsp3) is 0.200. The minimum absolute atomic E-state index is 0.148. The maximum absolute atomic E-state index is 10.6. The molecule has 4 rings (SSSR count). The van der Waals surface area contributed by atoms with E-state index >= 15 is 0 Å². The van der Waals surface area contributed by atoms with E-state index in [1.54, 1.807) is 4.90 Å². The first-order chi connectivity index (χ1) is 12.6. The second kappa shape index (κ2) is 6.22. The summed E-state index contributed by atoms with van der Waals surface area (Å²) in [6.07, 6.45) is 0. The standard InChI is InChI=1S/C20H20N4O2/c1-3-26-14-8-6-7-13(11-14)24-12-17(25)18(19(24)21)20-22-15-9-4-5-10-16(15)23(20)2/h4-11,21,25H,3,12H2,1-2H3. The van der Waals surface area contributed by atoms with E-state index in [1.165, 1.54) is 0 Å². The van der Waals surface area contributed by atoms with Crippen LogP contribution in [0.4, 0.5) is 5.69 Å². The van der Waals surface area contributed by atoms with E-state index in [4.69, 9.17) is 10.1 Å². The number of nitrogens with zero attached hydrogens (tertiary/aromatic N) is 3. The molecule has 0 atom stereocenters. The molecule has 0 bridgehead atoms. The number of aryl methyl sites for hydroxylation is 1. The van der Waals surface area contributed by atoms with Crippen LogP contribution < -0.4 is 9.64 Å². The Morgan fingerprint density at radius 2 is 2.00 bits per heavy atom.